The van der Waals surface area contributed by atoms with Crippen molar-refractivity contribution >= 4 is 0 Å². The third kappa shape index (κ3) is 4.21. The molecule has 0 bridgehead atoms. The third-order valence-electron chi connectivity index (χ3n) is 5.83. The van der Waals surface area contributed by atoms with Crippen LogP contribution in [0.15, 0.2) is 0 Å². The van der Waals surface area contributed by atoms with Crippen molar-refractivity contribution in [3.8, 4) is 0 Å². The zero-order chi connectivity index (χ0) is 14.5. The van der Waals surface area contributed by atoms with E-state index < -0.39 is 0 Å². The Labute approximate surface area is 126 Å². The summed E-state index contributed by atoms with van der Waals surface area (Å²) in [5.41, 5.74) is 0. The van der Waals surface area contributed by atoms with E-state index in [1.807, 2.05) is 0 Å². The SMILES string of the molecule is CCC1CCC(N(C)C2CCC2CNCC(C)C)CC1. The van der Waals surface area contributed by atoms with Gasteiger partial charge in [-0.3, -0.25) is 0 Å². The van der Waals surface area contributed by atoms with Gasteiger partial charge in [-0.15, -0.1) is 0 Å². The van der Waals surface area contributed by atoms with Crippen LogP contribution in [0.2, 0.25) is 0 Å². The van der Waals surface area contributed by atoms with E-state index in [9.17, 15) is 0 Å². The molecule has 0 spiro atoms. The second kappa shape index (κ2) is 7.79. The first-order valence-corrected chi connectivity index (χ1v) is 9.04. The molecular weight excluding hydrogens is 244 g/mol. The molecule has 2 atom stereocenters. The average Bonchev–Trinajstić information content (AvgIpc) is 2.42. The van der Waals surface area contributed by atoms with Crippen LogP contribution in [0.5, 0.6) is 0 Å². The summed E-state index contributed by atoms with van der Waals surface area (Å²) in [6, 6.07) is 1.73. The summed E-state index contributed by atoms with van der Waals surface area (Å²) in [5.74, 6) is 2.70. The lowest BCUT2D eigenvalue weighted by Gasteiger charge is -2.47. The molecule has 0 amide bonds. The quantitative estimate of drug-likeness (QED) is 0.760. The van der Waals surface area contributed by atoms with Gasteiger partial charge in [0.1, 0.15) is 0 Å². The van der Waals surface area contributed by atoms with Crippen LogP contribution in [-0.4, -0.2) is 37.1 Å². The van der Waals surface area contributed by atoms with Crippen molar-refractivity contribution in [2.75, 3.05) is 20.1 Å². The highest BCUT2D eigenvalue weighted by Gasteiger charge is 2.37. The first-order chi connectivity index (χ1) is 9.61. The molecule has 2 saturated carbocycles. The fourth-order valence-electron chi connectivity index (χ4n) is 4.11. The highest BCUT2D eigenvalue weighted by molar-refractivity contribution is 4.92. The summed E-state index contributed by atoms with van der Waals surface area (Å²) in [7, 11) is 2.40. The lowest BCUT2D eigenvalue weighted by Crippen LogP contribution is -2.53. The van der Waals surface area contributed by atoms with E-state index in [0.29, 0.717) is 0 Å². The van der Waals surface area contributed by atoms with Crippen LogP contribution in [0, 0.1) is 17.8 Å². The van der Waals surface area contributed by atoms with Crippen LogP contribution in [0.1, 0.15) is 65.7 Å². The van der Waals surface area contributed by atoms with Crippen molar-refractivity contribution in [1.29, 1.82) is 0 Å². The fourth-order valence-corrected chi connectivity index (χ4v) is 4.11. The molecule has 2 nitrogen and oxygen atoms in total. The minimum Gasteiger partial charge on any atom is -0.316 e. The number of hydrogen-bond acceptors (Lipinski definition) is 2. The smallest absolute Gasteiger partial charge is 0.0136 e. The molecule has 2 rings (SSSR count). The van der Waals surface area contributed by atoms with E-state index in [-0.39, 0.29) is 0 Å². The van der Waals surface area contributed by atoms with Gasteiger partial charge >= 0.3 is 0 Å². The summed E-state index contributed by atoms with van der Waals surface area (Å²) in [5, 5.41) is 3.66. The molecule has 0 aromatic rings. The Bertz CT molecular complexity index is 269. The molecule has 2 unspecified atom stereocenters. The molecule has 0 heterocycles. The molecule has 20 heavy (non-hydrogen) atoms. The minimum atomic E-state index is 0.774. The molecule has 0 aliphatic heterocycles. The highest BCUT2D eigenvalue weighted by Crippen LogP contribution is 2.36. The van der Waals surface area contributed by atoms with Crippen molar-refractivity contribution in [2.24, 2.45) is 17.8 Å². The van der Waals surface area contributed by atoms with Gasteiger partial charge in [-0.05, 0) is 76.4 Å². The Kier molecular flexibility index (Phi) is 6.35. The van der Waals surface area contributed by atoms with Crippen LogP contribution < -0.4 is 5.32 Å². The Morgan fingerprint density at radius 3 is 2.25 bits per heavy atom. The lowest BCUT2D eigenvalue weighted by molar-refractivity contribution is 0.0298. The normalized spacial score (nSPS) is 34.5. The van der Waals surface area contributed by atoms with Crippen LogP contribution in [0.3, 0.4) is 0 Å². The second-order valence-electron chi connectivity index (χ2n) is 7.71. The molecule has 118 valence electrons. The van der Waals surface area contributed by atoms with Gasteiger partial charge in [-0.1, -0.05) is 27.2 Å². The molecule has 2 fully saturated rings. The summed E-state index contributed by atoms with van der Waals surface area (Å²) >= 11 is 0. The Balaban J connectivity index is 1.71. The number of hydrogen-bond donors (Lipinski definition) is 1. The Morgan fingerprint density at radius 2 is 1.75 bits per heavy atom. The molecule has 0 saturated heterocycles. The van der Waals surface area contributed by atoms with Crippen molar-refractivity contribution in [3.05, 3.63) is 0 Å². The average molecular weight is 281 g/mol. The molecule has 2 aliphatic rings. The van der Waals surface area contributed by atoms with Crippen LogP contribution in [0.25, 0.3) is 0 Å². The first kappa shape index (κ1) is 16.3. The van der Waals surface area contributed by atoms with E-state index in [2.05, 4.69) is 38.0 Å². The second-order valence-corrected chi connectivity index (χ2v) is 7.71. The molecule has 2 heteroatoms. The lowest BCUT2D eigenvalue weighted by atomic mass is 9.76. The summed E-state index contributed by atoms with van der Waals surface area (Å²) in [4.78, 5) is 2.75. The molecule has 0 aromatic heterocycles. The predicted octanol–water partition coefficient (Wildman–Crippen LogP) is 3.91. The van der Waals surface area contributed by atoms with Gasteiger partial charge < -0.3 is 10.2 Å². The summed E-state index contributed by atoms with van der Waals surface area (Å²) in [6.07, 6.45) is 10.1. The maximum Gasteiger partial charge on any atom is 0.0136 e. The topological polar surface area (TPSA) is 15.3 Å². The number of rotatable bonds is 7. The van der Waals surface area contributed by atoms with E-state index in [0.717, 1.165) is 29.8 Å². The van der Waals surface area contributed by atoms with Gasteiger partial charge in [0.25, 0.3) is 0 Å². The third-order valence-corrected chi connectivity index (χ3v) is 5.83. The van der Waals surface area contributed by atoms with Gasteiger partial charge in [-0.2, -0.15) is 0 Å². The van der Waals surface area contributed by atoms with E-state index in [1.54, 1.807) is 0 Å². The maximum atomic E-state index is 3.66. The fraction of sp³-hybridized carbons (Fsp3) is 1.00. The maximum absolute atomic E-state index is 3.66. The van der Waals surface area contributed by atoms with Crippen molar-refractivity contribution in [2.45, 2.75) is 77.8 Å². The molecule has 0 radical (unpaired) electrons. The molecule has 1 N–H and O–H groups in total. The zero-order valence-corrected chi connectivity index (χ0v) is 14.2. The van der Waals surface area contributed by atoms with Gasteiger partial charge in [-0.25, -0.2) is 0 Å². The molecule has 2 aliphatic carbocycles. The predicted molar refractivity (Wildman–Crippen MR) is 88.0 cm³/mol. The highest BCUT2D eigenvalue weighted by atomic mass is 15.2. The molecular formula is C18H36N2. The van der Waals surface area contributed by atoms with Gasteiger partial charge in [0.15, 0.2) is 0 Å². The van der Waals surface area contributed by atoms with Crippen LogP contribution >= 0.6 is 0 Å². The van der Waals surface area contributed by atoms with E-state index in [1.165, 1.54) is 58.0 Å². The van der Waals surface area contributed by atoms with Crippen molar-refractivity contribution in [3.63, 3.8) is 0 Å². The summed E-state index contributed by atoms with van der Waals surface area (Å²) < 4.78 is 0. The monoisotopic (exact) mass is 280 g/mol. The van der Waals surface area contributed by atoms with Crippen LogP contribution in [-0.2, 0) is 0 Å². The summed E-state index contributed by atoms with van der Waals surface area (Å²) in [6.45, 7) is 9.36. The zero-order valence-electron chi connectivity index (χ0n) is 14.2. The van der Waals surface area contributed by atoms with Gasteiger partial charge in [0, 0.05) is 12.1 Å². The standard InChI is InChI=1S/C18H36N2/c1-5-15-6-9-17(10-7-15)20(4)18-11-8-16(18)13-19-12-14(2)3/h14-19H,5-13H2,1-4H3. The van der Waals surface area contributed by atoms with Gasteiger partial charge in [0.2, 0.25) is 0 Å². The van der Waals surface area contributed by atoms with Crippen molar-refractivity contribution < 1.29 is 0 Å². The van der Waals surface area contributed by atoms with Crippen molar-refractivity contribution in [1.82, 2.24) is 10.2 Å². The number of nitrogens with one attached hydrogen (secondary N) is 1. The Morgan fingerprint density at radius 1 is 1.05 bits per heavy atom. The Hall–Kier alpha value is -0.0800. The van der Waals surface area contributed by atoms with Crippen LogP contribution in [0.4, 0.5) is 0 Å². The largest absolute Gasteiger partial charge is 0.316 e. The minimum absolute atomic E-state index is 0.774. The number of nitrogens with zero attached hydrogens (tertiary/aromatic N) is 1. The first-order valence-electron chi connectivity index (χ1n) is 9.04. The van der Waals surface area contributed by atoms with E-state index in [4.69, 9.17) is 0 Å². The molecule has 0 aromatic carbocycles. The van der Waals surface area contributed by atoms with Gasteiger partial charge in [0.05, 0.1) is 0 Å². The van der Waals surface area contributed by atoms with E-state index >= 15 is 0 Å².